The third-order valence-corrected chi connectivity index (χ3v) is 3.13. The Morgan fingerprint density at radius 1 is 1.50 bits per heavy atom. The molecule has 3 N–H and O–H groups in total. The molecule has 0 saturated carbocycles. The van der Waals surface area contributed by atoms with Gasteiger partial charge in [-0.05, 0) is 24.6 Å². The van der Waals surface area contributed by atoms with E-state index in [1.165, 1.54) is 6.33 Å². The van der Waals surface area contributed by atoms with Crippen LogP contribution >= 0.6 is 0 Å². The minimum Gasteiger partial charge on any atom is -0.482 e. The number of carbonyl (C=O) groups excluding carboxylic acids is 1. The molecule has 7 nitrogen and oxygen atoms in total. The fourth-order valence-corrected chi connectivity index (χ4v) is 2.03. The molecule has 0 saturated heterocycles. The molecule has 20 heavy (non-hydrogen) atoms. The number of rotatable bonds is 4. The number of amides is 1. The van der Waals surface area contributed by atoms with Crippen molar-refractivity contribution < 1.29 is 9.53 Å². The third kappa shape index (κ3) is 2.62. The molecule has 1 amide bonds. The van der Waals surface area contributed by atoms with Crippen LogP contribution in [0.1, 0.15) is 24.4 Å². The first-order valence-corrected chi connectivity index (χ1v) is 6.36. The minimum absolute atomic E-state index is 0.0689. The lowest BCUT2D eigenvalue weighted by Crippen LogP contribution is -2.25. The summed E-state index contributed by atoms with van der Waals surface area (Å²) in [4.78, 5) is 15.4. The molecule has 0 fully saturated rings. The van der Waals surface area contributed by atoms with Gasteiger partial charge in [-0.25, -0.2) is 4.98 Å². The van der Waals surface area contributed by atoms with Crippen molar-refractivity contribution in [1.29, 1.82) is 0 Å². The first-order valence-electron chi connectivity index (χ1n) is 6.36. The Balaban J connectivity index is 1.66. The van der Waals surface area contributed by atoms with Gasteiger partial charge < -0.3 is 15.4 Å². The smallest absolute Gasteiger partial charge is 0.262 e. The lowest BCUT2D eigenvalue weighted by molar-refractivity contribution is -0.118. The van der Waals surface area contributed by atoms with E-state index in [1.807, 2.05) is 25.1 Å². The molecule has 3 rings (SSSR count). The summed E-state index contributed by atoms with van der Waals surface area (Å²) in [5.74, 6) is 1.37. The van der Waals surface area contributed by atoms with Gasteiger partial charge in [-0.2, -0.15) is 5.10 Å². The van der Waals surface area contributed by atoms with Crippen molar-refractivity contribution in [3.63, 3.8) is 0 Å². The van der Waals surface area contributed by atoms with E-state index in [4.69, 9.17) is 4.74 Å². The monoisotopic (exact) mass is 273 g/mol. The van der Waals surface area contributed by atoms with Crippen molar-refractivity contribution in [1.82, 2.24) is 20.5 Å². The van der Waals surface area contributed by atoms with E-state index < -0.39 is 0 Å². The van der Waals surface area contributed by atoms with Crippen LogP contribution in [0.5, 0.6) is 5.75 Å². The summed E-state index contributed by atoms with van der Waals surface area (Å²) in [5.41, 5.74) is 1.77. The van der Waals surface area contributed by atoms with Crippen LogP contribution in [-0.2, 0) is 11.3 Å². The molecule has 0 spiro atoms. The second kappa shape index (κ2) is 5.30. The van der Waals surface area contributed by atoms with Gasteiger partial charge in [0.15, 0.2) is 6.61 Å². The molecule has 1 aliphatic heterocycles. The summed E-state index contributed by atoms with van der Waals surface area (Å²) in [7, 11) is 0. The van der Waals surface area contributed by atoms with Crippen LogP contribution in [-0.4, -0.2) is 27.7 Å². The Morgan fingerprint density at radius 3 is 3.20 bits per heavy atom. The number of nitrogens with zero attached hydrogens (tertiary/aromatic N) is 2. The first-order chi connectivity index (χ1) is 9.72. The minimum atomic E-state index is -0.127. The number of aromatic nitrogens is 3. The predicted molar refractivity (Wildman–Crippen MR) is 72.2 cm³/mol. The Morgan fingerprint density at radius 2 is 2.40 bits per heavy atom. The van der Waals surface area contributed by atoms with Gasteiger partial charge in [-0.15, -0.1) is 0 Å². The Kier molecular flexibility index (Phi) is 3.34. The summed E-state index contributed by atoms with van der Waals surface area (Å²) in [6, 6.07) is 5.81. The quantitative estimate of drug-likeness (QED) is 0.772. The Labute approximate surface area is 115 Å². The molecular weight excluding hydrogens is 258 g/mol. The summed E-state index contributed by atoms with van der Waals surface area (Å²) in [6.07, 6.45) is 1.49. The molecule has 104 valence electrons. The molecule has 0 radical (unpaired) electrons. The standard InChI is InChI=1S/C13H15N5O2/c1-8(13-15-7-16-18-13)14-5-9-2-3-11-10(4-9)17-12(19)6-20-11/h2-4,7-8,14H,5-6H2,1H3,(H,17,19)(H,15,16,18). The van der Waals surface area contributed by atoms with Gasteiger partial charge in [0.05, 0.1) is 11.7 Å². The van der Waals surface area contributed by atoms with Crippen molar-refractivity contribution >= 4 is 11.6 Å². The molecular formula is C13H15N5O2. The van der Waals surface area contributed by atoms with Crippen LogP contribution in [0.3, 0.4) is 0 Å². The second-order valence-corrected chi connectivity index (χ2v) is 4.64. The number of anilines is 1. The average Bonchev–Trinajstić information content (AvgIpc) is 2.98. The second-order valence-electron chi connectivity index (χ2n) is 4.64. The lowest BCUT2D eigenvalue weighted by atomic mass is 10.1. The molecule has 1 aromatic heterocycles. The van der Waals surface area contributed by atoms with Crippen molar-refractivity contribution in [3.05, 3.63) is 35.9 Å². The van der Waals surface area contributed by atoms with Crippen LogP contribution < -0.4 is 15.4 Å². The zero-order valence-corrected chi connectivity index (χ0v) is 11.0. The number of ether oxygens (including phenoxy) is 1. The van der Waals surface area contributed by atoms with Crippen molar-refractivity contribution in [2.45, 2.75) is 19.5 Å². The van der Waals surface area contributed by atoms with Gasteiger partial charge in [-0.1, -0.05) is 6.07 Å². The van der Waals surface area contributed by atoms with E-state index in [9.17, 15) is 4.79 Å². The summed E-state index contributed by atoms with van der Waals surface area (Å²) in [6.45, 7) is 2.74. The van der Waals surface area contributed by atoms with Crippen LogP contribution in [0.2, 0.25) is 0 Å². The number of hydrogen-bond acceptors (Lipinski definition) is 5. The number of hydrogen-bond donors (Lipinski definition) is 3. The highest BCUT2D eigenvalue weighted by molar-refractivity contribution is 5.95. The fraction of sp³-hybridized carbons (Fsp3) is 0.308. The molecule has 0 aliphatic carbocycles. The van der Waals surface area contributed by atoms with Crippen LogP contribution in [0.25, 0.3) is 0 Å². The molecule has 0 bridgehead atoms. The molecule has 1 aromatic carbocycles. The molecule has 1 atom stereocenters. The van der Waals surface area contributed by atoms with E-state index in [-0.39, 0.29) is 18.6 Å². The molecule has 2 aromatic rings. The molecule has 7 heteroatoms. The first kappa shape index (κ1) is 12.6. The molecule has 2 heterocycles. The van der Waals surface area contributed by atoms with E-state index in [1.54, 1.807) is 0 Å². The summed E-state index contributed by atoms with van der Waals surface area (Å²) in [5, 5.41) is 12.8. The number of H-pyrrole nitrogens is 1. The highest BCUT2D eigenvalue weighted by atomic mass is 16.5. The van der Waals surface area contributed by atoms with Gasteiger partial charge in [0, 0.05) is 6.54 Å². The summed E-state index contributed by atoms with van der Waals surface area (Å²) < 4.78 is 5.32. The maximum atomic E-state index is 11.3. The largest absolute Gasteiger partial charge is 0.482 e. The van der Waals surface area contributed by atoms with Crippen LogP contribution in [0.4, 0.5) is 5.69 Å². The molecule has 1 aliphatic rings. The maximum absolute atomic E-state index is 11.3. The Hall–Kier alpha value is -2.41. The highest BCUT2D eigenvalue weighted by Gasteiger charge is 2.16. The van der Waals surface area contributed by atoms with E-state index in [0.717, 1.165) is 11.4 Å². The van der Waals surface area contributed by atoms with E-state index in [2.05, 4.69) is 25.8 Å². The SMILES string of the molecule is CC(NCc1ccc2c(c1)NC(=O)CO2)c1ncn[nH]1. The topological polar surface area (TPSA) is 91.9 Å². The van der Waals surface area contributed by atoms with Crippen LogP contribution in [0, 0.1) is 0 Å². The predicted octanol–water partition coefficient (Wildman–Crippen LogP) is 0.986. The number of aromatic amines is 1. The normalized spacial score (nSPS) is 15.2. The average molecular weight is 273 g/mol. The Bertz CT molecular complexity index is 611. The van der Waals surface area contributed by atoms with Gasteiger partial charge in [0.25, 0.3) is 5.91 Å². The highest BCUT2D eigenvalue weighted by Crippen LogP contribution is 2.28. The van der Waals surface area contributed by atoms with Gasteiger partial charge in [0.2, 0.25) is 0 Å². The van der Waals surface area contributed by atoms with E-state index in [0.29, 0.717) is 18.0 Å². The van der Waals surface area contributed by atoms with Crippen molar-refractivity contribution in [3.8, 4) is 5.75 Å². The van der Waals surface area contributed by atoms with Gasteiger partial charge in [-0.3, -0.25) is 9.89 Å². The van der Waals surface area contributed by atoms with E-state index >= 15 is 0 Å². The third-order valence-electron chi connectivity index (χ3n) is 3.13. The lowest BCUT2D eigenvalue weighted by Gasteiger charge is -2.19. The van der Waals surface area contributed by atoms with Gasteiger partial charge >= 0.3 is 0 Å². The van der Waals surface area contributed by atoms with Crippen molar-refractivity contribution in [2.75, 3.05) is 11.9 Å². The number of carbonyl (C=O) groups is 1. The number of benzene rings is 1. The zero-order chi connectivity index (χ0) is 13.9. The van der Waals surface area contributed by atoms with Crippen LogP contribution in [0.15, 0.2) is 24.5 Å². The van der Waals surface area contributed by atoms with Crippen molar-refractivity contribution in [2.24, 2.45) is 0 Å². The maximum Gasteiger partial charge on any atom is 0.262 e. The van der Waals surface area contributed by atoms with Gasteiger partial charge in [0.1, 0.15) is 17.9 Å². The molecule has 1 unspecified atom stereocenters. The zero-order valence-electron chi connectivity index (χ0n) is 11.0. The summed E-state index contributed by atoms with van der Waals surface area (Å²) >= 11 is 0. The fourth-order valence-electron chi connectivity index (χ4n) is 2.03. The number of nitrogens with one attached hydrogen (secondary N) is 3. The number of fused-ring (bicyclic) bond motifs is 1.